The number of carbonyl (C=O) groups excluding carboxylic acids is 3. The third-order valence-corrected chi connectivity index (χ3v) is 5.86. The van der Waals surface area contributed by atoms with E-state index in [0.29, 0.717) is 40.8 Å². The molecular formula is C25H20Cl2N2O5. The van der Waals surface area contributed by atoms with Gasteiger partial charge in [-0.2, -0.15) is 0 Å². The fraction of sp³-hybridized carbons (Fsp3) is 0.160. The number of nitrogens with zero attached hydrogens (tertiary/aromatic N) is 1. The van der Waals surface area contributed by atoms with Crippen molar-refractivity contribution in [1.82, 2.24) is 5.43 Å². The van der Waals surface area contributed by atoms with Gasteiger partial charge in [0.1, 0.15) is 17.1 Å². The Morgan fingerprint density at radius 1 is 1.09 bits per heavy atom. The van der Waals surface area contributed by atoms with Gasteiger partial charge in [0.05, 0.1) is 22.9 Å². The number of carbonyl (C=O) groups is 3. The summed E-state index contributed by atoms with van der Waals surface area (Å²) >= 11 is 12.3. The maximum absolute atomic E-state index is 12.9. The average Bonchev–Trinajstić information content (AvgIpc) is 3.40. The molecule has 1 aliphatic heterocycles. The quantitative estimate of drug-likeness (QED) is 0.271. The molecule has 174 valence electrons. The highest BCUT2D eigenvalue weighted by Crippen LogP contribution is 2.30. The molecule has 0 aliphatic carbocycles. The lowest BCUT2D eigenvalue weighted by atomic mass is 10.1. The first-order chi connectivity index (χ1) is 16.3. The maximum atomic E-state index is 12.9. The molecule has 0 radical (unpaired) electrons. The maximum Gasteiger partial charge on any atom is 0.339 e. The number of ether oxygens (including phenoxy) is 1. The van der Waals surface area contributed by atoms with Crippen molar-refractivity contribution in [2.75, 3.05) is 11.6 Å². The van der Waals surface area contributed by atoms with Gasteiger partial charge in [-0.1, -0.05) is 36.2 Å². The molecule has 2 amide bonds. The number of anilines is 1. The van der Waals surface area contributed by atoms with Crippen LogP contribution in [0.15, 0.2) is 58.5 Å². The number of nitrogens with one attached hydrogen (secondary N) is 1. The molecule has 1 N–H and O–H groups in total. The SMILES string of the molecule is CCCOC(=O)c1cc(-c2ccc(/C=C3\C(=O)NN(c4ccc(C)c(Cl)c4)C3=O)o2)ccc1Cl. The van der Waals surface area contributed by atoms with E-state index in [1.807, 2.05) is 13.8 Å². The molecule has 2 heterocycles. The Kier molecular flexibility index (Phi) is 6.77. The zero-order chi connectivity index (χ0) is 24.4. The molecule has 0 unspecified atom stereocenters. The number of hydrazine groups is 1. The highest BCUT2D eigenvalue weighted by Gasteiger charge is 2.35. The third kappa shape index (κ3) is 4.71. The Bertz CT molecular complexity index is 1330. The minimum Gasteiger partial charge on any atom is -0.462 e. The van der Waals surface area contributed by atoms with Crippen LogP contribution in [0.2, 0.25) is 10.0 Å². The predicted octanol–water partition coefficient (Wildman–Crippen LogP) is 5.59. The van der Waals surface area contributed by atoms with Gasteiger partial charge in [0.15, 0.2) is 0 Å². The molecule has 0 spiro atoms. The number of rotatable bonds is 6. The summed E-state index contributed by atoms with van der Waals surface area (Å²) in [6.07, 6.45) is 2.06. The van der Waals surface area contributed by atoms with E-state index >= 15 is 0 Å². The normalized spacial score (nSPS) is 14.6. The number of hydrogen-bond acceptors (Lipinski definition) is 5. The van der Waals surface area contributed by atoms with Crippen LogP contribution in [0.1, 0.15) is 35.0 Å². The van der Waals surface area contributed by atoms with Crippen molar-refractivity contribution in [3.8, 4) is 11.3 Å². The standard InChI is InChI=1S/C25H20Cl2N2O5/c1-3-10-33-25(32)18-11-15(5-8-20(18)26)22-9-7-17(34-22)13-19-23(30)28-29(24(19)31)16-6-4-14(2)21(27)12-16/h4-9,11-13H,3,10H2,1-2H3,(H,28,30)/b19-13+. The van der Waals surface area contributed by atoms with Crippen LogP contribution in [-0.2, 0) is 14.3 Å². The first kappa shape index (κ1) is 23.6. The predicted molar refractivity (Wildman–Crippen MR) is 130 cm³/mol. The van der Waals surface area contributed by atoms with Gasteiger partial charge in [-0.3, -0.25) is 15.0 Å². The van der Waals surface area contributed by atoms with Gasteiger partial charge in [-0.15, -0.1) is 0 Å². The lowest BCUT2D eigenvalue weighted by Crippen LogP contribution is -2.35. The highest BCUT2D eigenvalue weighted by molar-refractivity contribution is 6.34. The van der Waals surface area contributed by atoms with E-state index in [9.17, 15) is 14.4 Å². The lowest BCUT2D eigenvalue weighted by molar-refractivity contribution is -0.117. The van der Waals surface area contributed by atoms with E-state index in [4.69, 9.17) is 32.4 Å². The number of benzene rings is 2. The molecule has 1 saturated heterocycles. The van der Waals surface area contributed by atoms with E-state index in [1.165, 1.54) is 6.08 Å². The molecule has 3 aromatic rings. The summed E-state index contributed by atoms with van der Waals surface area (Å²) in [7, 11) is 0. The van der Waals surface area contributed by atoms with Crippen LogP contribution < -0.4 is 10.4 Å². The van der Waals surface area contributed by atoms with E-state index in [-0.39, 0.29) is 16.2 Å². The van der Waals surface area contributed by atoms with Crippen molar-refractivity contribution in [2.24, 2.45) is 0 Å². The number of esters is 1. The van der Waals surface area contributed by atoms with Crippen molar-refractivity contribution < 1.29 is 23.5 Å². The molecule has 1 aliphatic rings. The van der Waals surface area contributed by atoms with Gasteiger partial charge in [0.25, 0.3) is 11.8 Å². The molecule has 9 heteroatoms. The van der Waals surface area contributed by atoms with Crippen LogP contribution in [0.3, 0.4) is 0 Å². The molecule has 0 bridgehead atoms. The van der Waals surface area contributed by atoms with E-state index in [0.717, 1.165) is 10.6 Å². The Morgan fingerprint density at radius 2 is 1.88 bits per heavy atom. The number of amides is 2. The van der Waals surface area contributed by atoms with Crippen molar-refractivity contribution >= 4 is 52.7 Å². The lowest BCUT2D eigenvalue weighted by Gasteiger charge is -2.15. The number of furan rings is 1. The minimum atomic E-state index is -0.563. The van der Waals surface area contributed by atoms with Crippen LogP contribution in [0, 0.1) is 6.92 Å². The minimum absolute atomic E-state index is 0.0856. The van der Waals surface area contributed by atoms with Crippen LogP contribution in [0.25, 0.3) is 17.4 Å². The first-order valence-corrected chi connectivity index (χ1v) is 11.2. The van der Waals surface area contributed by atoms with E-state index in [1.54, 1.807) is 48.5 Å². The summed E-state index contributed by atoms with van der Waals surface area (Å²) in [6.45, 7) is 4.03. The second-order valence-electron chi connectivity index (χ2n) is 7.61. The number of hydrogen-bond donors (Lipinski definition) is 1. The highest BCUT2D eigenvalue weighted by atomic mass is 35.5. The molecule has 1 fully saturated rings. The molecule has 34 heavy (non-hydrogen) atoms. The Labute approximate surface area is 205 Å². The Hall–Kier alpha value is -3.55. The summed E-state index contributed by atoms with van der Waals surface area (Å²) in [6, 6.07) is 13.2. The van der Waals surface area contributed by atoms with Gasteiger partial charge in [-0.05, 0) is 67.4 Å². The van der Waals surface area contributed by atoms with Gasteiger partial charge < -0.3 is 9.15 Å². The second-order valence-corrected chi connectivity index (χ2v) is 8.42. The van der Waals surface area contributed by atoms with Crippen LogP contribution in [0.5, 0.6) is 0 Å². The zero-order valence-corrected chi connectivity index (χ0v) is 19.9. The fourth-order valence-corrected chi connectivity index (χ4v) is 3.66. The zero-order valence-electron chi connectivity index (χ0n) is 18.4. The Balaban J connectivity index is 1.58. The summed E-state index contributed by atoms with van der Waals surface area (Å²) in [4.78, 5) is 37.6. The van der Waals surface area contributed by atoms with Crippen LogP contribution in [-0.4, -0.2) is 24.4 Å². The molecule has 2 aromatic carbocycles. The number of halogens is 2. The van der Waals surface area contributed by atoms with Gasteiger partial charge in [0.2, 0.25) is 0 Å². The van der Waals surface area contributed by atoms with Crippen molar-refractivity contribution in [1.29, 1.82) is 0 Å². The summed E-state index contributed by atoms with van der Waals surface area (Å²) in [5.74, 6) is -0.891. The summed E-state index contributed by atoms with van der Waals surface area (Å²) in [5.41, 5.74) is 4.56. The first-order valence-electron chi connectivity index (χ1n) is 10.5. The monoisotopic (exact) mass is 498 g/mol. The second kappa shape index (κ2) is 9.75. The van der Waals surface area contributed by atoms with Gasteiger partial charge >= 0.3 is 5.97 Å². The third-order valence-electron chi connectivity index (χ3n) is 5.13. The van der Waals surface area contributed by atoms with Gasteiger partial charge in [-0.25, -0.2) is 9.80 Å². The van der Waals surface area contributed by atoms with Crippen molar-refractivity contribution in [3.05, 3.63) is 81.0 Å². The Morgan fingerprint density at radius 3 is 2.62 bits per heavy atom. The van der Waals surface area contributed by atoms with Gasteiger partial charge in [0, 0.05) is 10.6 Å². The molecule has 0 atom stereocenters. The fourth-order valence-electron chi connectivity index (χ4n) is 3.30. The summed E-state index contributed by atoms with van der Waals surface area (Å²) in [5, 5.41) is 1.88. The van der Waals surface area contributed by atoms with E-state index in [2.05, 4.69) is 5.43 Å². The summed E-state index contributed by atoms with van der Waals surface area (Å²) < 4.78 is 11.0. The van der Waals surface area contributed by atoms with Crippen molar-refractivity contribution in [2.45, 2.75) is 20.3 Å². The number of aryl methyl sites for hydroxylation is 1. The average molecular weight is 499 g/mol. The molecule has 0 saturated carbocycles. The van der Waals surface area contributed by atoms with E-state index < -0.39 is 17.8 Å². The van der Waals surface area contributed by atoms with Crippen LogP contribution in [0.4, 0.5) is 5.69 Å². The topological polar surface area (TPSA) is 88.9 Å². The molecule has 7 nitrogen and oxygen atoms in total. The smallest absolute Gasteiger partial charge is 0.339 e. The molecule has 4 rings (SSSR count). The largest absolute Gasteiger partial charge is 0.462 e. The molecular weight excluding hydrogens is 479 g/mol. The van der Waals surface area contributed by atoms with Crippen molar-refractivity contribution in [3.63, 3.8) is 0 Å². The molecule has 1 aromatic heterocycles. The van der Waals surface area contributed by atoms with Crippen LogP contribution >= 0.6 is 23.2 Å².